The molecule has 0 aromatic carbocycles. The Kier molecular flexibility index (Phi) is 1.38. The molecular weight excluding hydrogens is 126 g/mol. The molecule has 1 fully saturated rings. The van der Waals surface area contributed by atoms with Crippen LogP contribution in [0, 0.1) is 0 Å². The van der Waals surface area contributed by atoms with Gasteiger partial charge in [-0.15, -0.1) is 0 Å². The lowest BCUT2D eigenvalue weighted by Gasteiger charge is -2.20. The summed E-state index contributed by atoms with van der Waals surface area (Å²) < 4.78 is 0. The van der Waals surface area contributed by atoms with E-state index in [1.165, 1.54) is 36.8 Å². The second kappa shape index (κ2) is 2.37. The predicted molar refractivity (Wildman–Crippen MR) is 38.9 cm³/mol. The second-order valence-corrected chi connectivity index (χ2v) is 2.76. The molecule has 2 nitrogen and oxygen atoms in total. The number of rotatable bonds is 0. The normalized spacial score (nSPS) is 23.2. The maximum absolute atomic E-state index is 4.95. The van der Waals surface area contributed by atoms with Gasteiger partial charge in [0.05, 0.1) is 0 Å². The number of fused-ring (bicyclic) bond motifs is 1. The molecule has 0 unspecified atom stereocenters. The van der Waals surface area contributed by atoms with E-state index >= 15 is 0 Å². The van der Waals surface area contributed by atoms with Crippen LogP contribution >= 0.6 is 0 Å². The van der Waals surface area contributed by atoms with E-state index in [0.717, 1.165) is 0 Å². The van der Waals surface area contributed by atoms with Gasteiger partial charge in [0.15, 0.2) is 0 Å². The Morgan fingerprint density at radius 2 is 2.00 bits per heavy atom. The molecule has 2 rings (SSSR count). The lowest BCUT2D eigenvalue weighted by atomic mass is 9.91. The van der Waals surface area contributed by atoms with Gasteiger partial charge in [0, 0.05) is 6.20 Å². The molecule has 0 aromatic heterocycles. The molecule has 1 aliphatic carbocycles. The highest BCUT2D eigenvalue weighted by molar-refractivity contribution is 5.31. The van der Waals surface area contributed by atoms with Crippen LogP contribution in [0.1, 0.15) is 25.7 Å². The van der Waals surface area contributed by atoms with Gasteiger partial charge >= 0.3 is 0 Å². The molecule has 54 valence electrons. The molecule has 2 heteroatoms. The van der Waals surface area contributed by atoms with Gasteiger partial charge in [-0.05, 0) is 36.8 Å². The highest BCUT2D eigenvalue weighted by atomic mass is 16.6. The van der Waals surface area contributed by atoms with E-state index < -0.39 is 0 Å². The summed E-state index contributed by atoms with van der Waals surface area (Å²) in [7, 11) is 0. The van der Waals surface area contributed by atoms with Crippen molar-refractivity contribution in [2.75, 3.05) is 0 Å². The standard InChI is InChI=1S/C8H11NO/c1-2-4-8-6-10-9-5-7(8)3-1/h5-6,9H,1-4H2. The largest absolute Gasteiger partial charge is 0.390 e. The lowest BCUT2D eigenvalue weighted by Crippen LogP contribution is -2.12. The van der Waals surface area contributed by atoms with Crippen LogP contribution in [0.4, 0.5) is 0 Å². The number of nitrogens with one attached hydrogen (secondary N) is 1. The van der Waals surface area contributed by atoms with Crippen molar-refractivity contribution in [3.63, 3.8) is 0 Å². The summed E-state index contributed by atoms with van der Waals surface area (Å²) in [5.74, 6) is 0. The minimum atomic E-state index is 1.19. The molecule has 1 aliphatic heterocycles. The summed E-state index contributed by atoms with van der Waals surface area (Å²) in [5.41, 5.74) is 5.55. The molecule has 0 saturated heterocycles. The van der Waals surface area contributed by atoms with Gasteiger partial charge < -0.3 is 4.84 Å². The van der Waals surface area contributed by atoms with Gasteiger partial charge in [-0.1, -0.05) is 0 Å². The van der Waals surface area contributed by atoms with E-state index in [0.29, 0.717) is 0 Å². The summed E-state index contributed by atoms with van der Waals surface area (Å²) >= 11 is 0. The maximum atomic E-state index is 4.95. The smallest absolute Gasteiger partial charge is 0.122 e. The zero-order chi connectivity index (χ0) is 6.81. The van der Waals surface area contributed by atoms with Crippen molar-refractivity contribution in [3.8, 4) is 0 Å². The zero-order valence-corrected chi connectivity index (χ0v) is 5.89. The Bertz CT molecular complexity index is 171. The first-order valence-electron chi connectivity index (χ1n) is 3.76. The van der Waals surface area contributed by atoms with Crippen LogP contribution in [0.25, 0.3) is 0 Å². The van der Waals surface area contributed by atoms with Crippen molar-refractivity contribution in [3.05, 3.63) is 23.6 Å². The molecule has 0 atom stereocenters. The van der Waals surface area contributed by atoms with Crippen LogP contribution in [0.2, 0.25) is 0 Å². The third kappa shape index (κ3) is 0.897. The van der Waals surface area contributed by atoms with Crippen LogP contribution < -0.4 is 5.48 Å². The number of hydroxylamine groups is 1. The first kappa shape index (κ1) is 5.83. The van der Waals surface area contributed by atoms with E-state index in [1.54, 1.807) is 0 Å². The molecule has 0 aromatic rings. The van der Waals surface area contributed by atoms with Crippen molar-refractivity contribution in [2.24, 2.45) is 0 Å². The fraction of sp³-hybridized carbons (Fsp3) is 0.500. The lowest BCUT2D eigenvalue weighted by molar-refractivity contribution is 0.165. The fourth-order valence-corrected chi connectivity index (χ4v) is 1.46. The Morgan fingerprint density at radius 1 is 1.20 bits per heavy atom. The summed E-state index contributed by atoms with van der Waals surface area (Å²) in [5, 5.41) is 0. The molecule has 10 heavy (non-hydrogen) atoms. The van der Waals surface area contributed by atoms with Gasteiger partial charge in [-0.2, -0.15) is 0 Å². The molecule has 0 bridgehead atoms. The molecule has 0 amide bonds. The summed E-state index contributed by atoms with van der Waals surface area (Å²) in [6, 6.07) is 0. The molecule has 0 spiro atoms. The van der Waals surface area contributed by atoms with Crippen LogP contribution in [-0.4, -0.2) is 0 Å². The van der Waals surface area contributed by atoms with Crippen LogP contribution in [-0.2, 0) is 4.84 Å². The van der Waals surface area contributed by atoms with E-state index in [1.807, 2.05) is 12.5 Å². The molecule has 1 saturated carbocycles. The number of allylic oxidation sites excluding steroid dienone is 2. The fourth-order valence-electron chi connectivity index (χ4n) is 1.46. The van der Waals surface area contributed by atoms with E-state index in [-0.39, 0.29) is 0 Å². The van der Waals surface area contributed by atoms with Crippen molar-refractivity contribution in [1.82, 2.24) is 5.48 Å². The summed E-state index contributed by atoms with van der Waals surface area (Å²) in [6.07, 6.45) is 8.83. The number of hydrogen-bond donors (Lipinski definition) is 1. The quantitative estimate of drug-likeness (QED) is 0.550. The first-order chi connectivity index (χ1) is 4.97. The van der Waals surface area contributed by atoms with Crippen LogP contribution in [0.15, 0.2) is 23.6 Å². The topological polar surface area (TPSA) is 21.3 Å². The maximum Gasteiger partial charge on any atom is 0.122 e. The Balaban J connectivity index is 2.19. The zero-order valence-electron chi connectivity index (χ0n) is 5.89. The van der Waals surface area contributed by atoms with E-state index in [2.05, 4.69) is 5.48 Å². The molecule has 0 radical (unpaired) electrons. The second-order valence-electron chi connectivity index (χ2n) is 2.76. The van der Waals surface area contributed by atoms with Gasteiger partial charge in [0.25, 0.3) is 0 Å². The molecule has 1 N–H and O–H groups in total. The monoisotopic (exact) mass is 137 g/mol. The minimum Gasteiger partial charge on any atom is -0.390 e. The first-order valence-corrected chi connectivity index (χ1v) is 3.76. The highest BCUT2D eigenvalue weighted by Gasteiger charge is 2.13. The predicted octanol–water partition coefficient (Wildman–Crippen LogP) is 1.86. The van der Waals surface area contributed by atoms with Crippen LogP contribution in [0.5, 0.6) is 0 Å². The van der Waals surface area contributed by atoms with Crippen molar-refractivity contribution in [2.45, 2.75) is 25.7 Å². The minimum absolute atomic E-state index is 1.19. The Hall–Kier alpha value is -0.920. The van der Waals surface area contributed by atoms with E-state index in [9.17, 15) is 0 Å². The van der Waals surface area contributed by atoms with Gasteiger partial charge in [-0.25, -0.2) is 5.48 Å². The van der Waals surface area contributed by atoms with Crippen LogP contribution in [0.3, 0.4) is 0 Å². The summed E-state index contributed by atoms with van der Waals surface area (Å²) in [6.45, 7) is 0. The summed E-state index contributed by atoms with van der Waals surface area (Å²) in [4.78, 5) is 4.95. The molecular formula is C8H11NO. The molecule has 2 aliphatic rings. The Morgan fingerprint density at radius 3 is 2.80 bits per heavy atom. The van der Waals surface area contributed by atoms with Crippen molar-refractivity contribution < 1.29 is 4.84 Å². The average molecular weight is 137 g/mol. The average Bonchev–Trinajstić information content (AvgIpc) is 2.05. The van der Waals surface area contributed by atoms with Crippen molar-refractivity contribution in [1.29, 1.82) is 0 Å². The van der Waals surface area contributed by atoms with Gasteiger partial charge in [-0.3, -0.25) is 0 Å². The third-order valence-electron chi connectivity index (χ3n) is 2.06. The van der Waals surface area contributed by atoms with Gasteiger partial charge in [0.2, 0.25) is 0 Å². The third-order valence-corrected chi connectivity index (χ3v) is 2.06. The Labute approximate surface area is 60.5 Å². The number of hydrogen-bond acceptors (Lipinski definition) is 2. The SMILES string of the molecule is C1=C2CCCCC2=CON1. The van der Waals surface area contributed by atoms with E-state index in [4.69, 9.17) is 4.84 Å². The van der Waals surface area contributed by atoms with Gasteiger partial charge in [0.1, 0.15) is 6.26 Å². The molecule has 1 heterocycles. The van der Waals surface area contributed by atoms with Crippen molar-refractivity contribution >= 4 is 0 Å². The highest BCUT2D eigenvalue weighted by Crippen LogP contribution is 2.29.